The average molecular weight is 374 g/mol. The standard InChI is InChI=1S/C16H30N4O6/c1-7(2)6-11(14(23)19-9(4)16(25)26)20-13(22)8(3)18-15(24)12(17)10(5)21/h7-12,21H,6,17H2,1-5H3,(H,18,24)(H,19,23)(H,20,22)(H,25,26). The summed E-state index contributed by atoms with van der Waals surface area (Å²) in [4.78, 5) is 47.2. The van der Waals surface area contributed by atoms with Gasteiger partial charge in [0.15, 0.2) is 0 Å². The highest BCUT2D eigenvalue weighted by atomic mass is 16.4. The summed E-state index contributed by atoms with van der Waals surface area (Å²) in [6, 6.07) is -4.23. The third kappa shape index (κ3) is 8.26. The molecule has 7 N–H and O–H groups in total. The van der Waals surface area contributed by atoms with E-state index in [1.807, 2.05) is 13.8 Å². The summed E-state index contributed by atoms with van der Waals surface area (Å²) in [5, 5.41) is 25.3. The molecule has 0 aliphatic rings. The number of aliphatic hydroxyl groups is 1. The van der Waals surface area contributed by atoms with Gasteiger partial charge in [-0.05, 0) is 33.1 Å². The van der Waals surface area contributed by atoms with Crippen molar-refractivity contribution in [2.24, 2.45) is 11.7 Å². The fraction of sp³-hybridized carbons (Fsp3) is 0.750. The number of hydrogen-bond acceptors (Lipinski definition) is 6. The van der Waals surface area contributed by atoms with Crippen molar-refractivity contribution in [1.82, 2.24) is 16.0 Å². The molecule has 0 bridgehead atoms. The topological polar surface area (TPSA) is 171 Å². The lowest BCUT2D eigenvalue weighted by Gasteiger charge is -2.24. The summed E-state index contributed by atoms with van der Waals surface area (Å²) in [6.07, 6.45) is -0.792. The van der Waals surface area contributed by atoms with Crippen LogP contribution in [-0.4, -0.2) is 64.2 Å². The van der Waals surface area contributed by atoms with Crippen molar-refractivity contribution in [2.75, 3.05) is 0 Å². The van der Waals surface area contributed by atoms with Crippen LogP contribution in [0.25, 0.3) is 0 Å². The number of nitrogens with one attached hydrogen (secondary N) is 3. The Bertz CT molecular complexity index is 523. The van der Waals surface area contributed by atoms with Crippen LogP contribution < -0.4 is 21.7 Å². The van der Waals surface area contributed by atoms with Crippen molar-refractivity contribution in [3.63, 3.8) is 0 Å². The third-order valence-electron chi connectivity index (χ3n) is 3.64. The fourth-order valence-corrected chi connectivity index (χ4v) is 1.97. The number of carbonyl (C=O) groups excluding carboxylic acids is 3. The fourth-order valence-electron chi connectivity index (χ4n) is 1.97. The lowest BCUT2D eigenvalue weighted by molar-refractivity contribution is -0.142. The van der Waals surface area contributed by atoms with Crippen LogP contribution >= 0.6 is 0 Å². The van der Waals surface area contributed by atoms with Gasteiger partial charge in [0.1, 0.15) is 24.2 Å². The maximum atomic E-state index is 12.3. The highest BCUT2D eigenvalue weighted by Gasteiger charge is 2.28. The molecule has 0 aromatic carbocycles. The van der Waals surface area contributed by atoms with Crippen molar-refractivity contribution >= 4 is 23.7 Å². The van der Waals surface area contributed by atoms with E-state index in [1.165, 1.54) is 20.8 Å². The molecule has 150 valence electrons. The molecule has 0 aliphatic heterocycles. The summed E-state index contributed by atoms with van der Waals surface area (Å²) in [5.41, 5.74) is 5.49. The van der Waals surface area contributed by atoms with Gasteiger partial charge in [-0.3, -0.25) is 19.2 Å². The molecule has 10 heteroatoms. The van der Waals surface area contributed by atoms with Gasteiger partial charge in [-0.2, -0.15) is 0 Å². The molecule has 0 aromatic rings. The Morgan fingerprint density at radius 1 is 0.846 bits per heavy atom. The summed E-state index contributed by atoms with van der Waals surface area (Å²) in [7, 11) is 0. The Balaban J connectivity index is 4.93. The van der Waals surface area contributed by atoms with Crippen LogP contribution in [0.3, 0.4) is 0 Å². The molecule has 5 atom stereocenters. The molecule has 0 saturated heterocycles. The first-order valence-corrected chi connectivity index (χ1v) is 8.44. The minimum absolute atomic E-state index is 0.0553. The second-order valence-electron chi connectivity index (χ2n) is 6.76. The van der Waals surface area contributed by atoms with Gasteiger partial charge < -0.3 is 31.9 Å². The normalized spacial score (nSPS) is 16.8. The number of hydrogen-bond donors (Lipinski definition) is 6. The van der Waals surface area contributed by atoms with Crippen LogP contribution in [-0.2, 0) is 19.2 Å². The second kappa shape index (κ2) is 10.7. The van der Waals surface area contributed by atoms with E-state index in [-0.39, 0.29) is 12.3 Å². The van der Waals surface area contributed by atoms with E-state index in [2.05, 4.69) is 16.0 Å². The maximum absolute atomic E-state index is 12.3. The lowest BCUT2D eigenvalue weighted by Crippen LogP contribution is -2.57. The summed E-state index contributed by atoms with van der Waals surface area (Å²) >= 11 is 0. The van der Waals surface area contributed by atoms with Crippen LogP contribution in [0.2, 0.25) is 0 Å². The zero-order valence-electron chi connectivity index (χ0n) is 15.8. The van der Waals surface area contributed by atoms with Crippen molar-refractivity contribution < 1.29 is 29.4 Å². The molecule has 5 unspecified atom stereocenters. The summed E-state index contributed by atoms with van der Waals surface area (Å²) in [6.45, 7) is 7.77. The monoisotopic (exact) mass is 374 g/mol. The van der Waals surface area contributed by atoms with E-state index < -0.39 is 54.0 Å². The van der Waals surface area contributed by atoms with Crippen LogP contribution in [0, 0.1) is 5.92 Å². The number of nitrogens with two attached hydrogens (primary N) is 1. The number of aliphatic hydroxyl groups excluding tert-OH is 1. The first kappa shape index (κ1) is 23.8. The number of amides is 3. The Hall–Kier alpha value is -2.20. The lowest BCUT2D eigenvalue weighted by atomic mass is 10.0. The van der Waals surface area contributed by atoms with Gasteiger partial charge >= 0.3 is 5.97 Å². The van der Waals surface area contributed by atoms with E-state index in [4.69, 9.17) is 10.8 Å². The molecule has 0 aliphatic carbocycles. The Morgan fingerprint density at radius 3 is 1.77 bits per heavy atom. The van der Waals surface area contributed by atoms with Crippen LogP contribution in [0.15, 0.2) is 0 Å². The Morgan fingerprint density at radius 2 is 1.35 bits per heavy atom. The largest absolute Gasteiger partial charge is 0.480 e. The van der Waals surface area contributed by atoms with Gasteiger partial charge in [-0.1, -0.05) is 13.8 Å². The van der Waals surface area contributed by atoms with Gasteiger partial charge in [0, 0.05) is 0 Å². The molecule has 26 heavy (non-hydrogen) atoms. The van der Waals surface area contributed by atoms with E-state index in [0.717, 1.165) is 0 Å². The van der Waals surface area contributed by atoms with E-state index >= 15 is 0 Å². The number of aliphatic carboxylic acids is 1. The highest BCUT2D eigenvalue weighted by molar-refractivity contribution is 5.93. The molecule has 0 saturated carbocycles. The second-order valence-corrected chi connectivity index (χ2v) is 6.76. The molecule has 3 amide bonds. The molecular weight excluding hydrogens is 344 g/mol. The van der Waals surface area contributed by atoms with Crippen molar-refractivity contribution in [2.45, 2.75) is 71.3 Å². The quantitative estimate of drug-likeness (QED) is 0.265. The van der Waals surface area contributed by atoms with Gasteiger partial charge in [-0.15, -0.1) is 0 Å². The van der Waals surface area contributed by atoms with E-state index in [9.17, 15) is 24.3 Å². The smallest absolute Gasteiger partial charge is 0.325 e. The average Bonchev–Trinajstić information content (AvgIpc) is 2.52. The molecule has 10 nitrogen and oxygen atoms in total. The summed E-state index contributed by atoms with van der Waals surface area (Å²) < 4.78 is 0. The van der Waals surface area contributed by atoms with Crippen molar-refractivity contribution in [1.29, 1.82) is 0 Å². The van der Waals surface area contributed by atoms with Crippen LogP contribution in [0.1, 0.15) is 41.0 Å². The molecule has 0 heterocycles. The third-order valence-corrected chi connectivity index (χ3v) is 3.64. The summed E-state index contributed by atoms with van der Waals surface area (Å²) in [5.74, 6) is -3.09. The highest BCUT2D eigenvalue weighted by Crippen LogP contribution is 2.06. The van der Waals surface area contributed by atoms with Crippen LogP contribution in [0.4, 0.5) is 0 Å². The maximum Gasteiger partial charge on any atom is 0.325 e. The van der Waals surface area contributed by atoms with Crippen LogP contribution in [0.5, 0.6) is 0 Å². The zero-order chi connectivity index (χ0) is 20.6. The molecule has 0 fully saturated rings. The van der Waals surface area contributed by atoms with E-state index in [1.54, 1.807) is 0 Å². The molecule has 0 radical (unpaired) electrons. The molecular formula is C16H30N4O6. The van der Waals surface area contributed by atoms with Gasteiger partial charge in [0.25, 0.3) is 0 Å². The Labute approximate surface area is 152 Å². The van der Waals surface area contributed by atoms with Gasteiger partial charge in [-0.25, -0.2) is 0 Å². The number of carboxylic acids is 1. The minimum Gasteiger partial charge on any atom is -0.480 e. The molecule has 0 spiro atoms. The molecule has 0 rings (SSSR count). The number of rotatable bonds is 10. The number of carbonyl (C=O) groups is 4. The predicted molar refractivity (Wildman–Crippen MR) is 93.9 cm³/mol. The Kier molecular flexibility index (Phi) is 9.81. The SMILES string of the molecule is CC(C)CC(NC(=O)C(C)NC(=O)C(N)C(C)O)C(=O)NC(C)C(=O)O. The van der Waals surface area contributed by atoms with Gasteiger partial charge in [0.05, 0.1) is 6.10 Å². The zero-order valence-corrected chi connectivity index (χ0v) is 15.8. The number of carboxylic acid groups (broad SMARTS) is 1. The minimum atomic E-state index is -1.19. The first-order chi connectivity index (χ1) is 11.9. The first-order valence-electron chi connectivity index (χ1n) is 8.44. The van der Waals surface area contributed by atoms with Crippen molar-refractivity contribution in [3.8, 4) is 0 Å². The predicted octanol–water partition coefficient (Wildman–Crippen LogP) is -1.68. The van der Waals surface area contributed by atoms with E-state index in [0.29, 0.717) is 0 Å². The van der Waals surface area contributed by atoms with Crippen molar-refractivity contribution in [3.05, 3.63) is 0 Å². The molecule has 0 aromatic heterocycles. The van der Waals surface area contributed by atoms with Gasteiger partial charge in [0.2, 0.25) is 17.7 Å².